The van der Waals surface area contributed by atoms with Crippen molar-refractivity contribution in [3.8, 4) is 5.75 Å². The van der Waals surface area contributed by atoms with Crippen LogP contribution >= 0.6 is 0 Å². The minimum atomic E-state index is -0.415. The van der Waals surface area contributed by atoms with E-state index in [2.05, 4.69) is 0 Å². The Morgan fingerprint density at radius 3 is 2.52 bits per heavy atom. The molecule has 1 aliphatic heterocycles. The molecule has 120 valence electrons. The zero-order chi connectivity index (χ0) is 16.2. The second kappa shape index (κ2) is 6.69. The lowest BCUT2D eigenvalue weighted by molar-refractivity contribution is 0.0976. The summed E-state index contributed by atoms with van der Waals surface area (Å²) in [5, 5.41) is 9.88. The minimum absolute atomic E-state index is 0.0842. The average Bonchev–Trinajstić information content (AvgIpc) is 2.81. The largest absolute Gasteiger partial charge is 0.508 e. The van der Waals surface area contributed by atoms with Crippen LogP contribution in [0.3, 0.4) is 0 Å². The lowest BCUT2D eigenvalue weighted by Gasteiger charge is -2.19. The van der Waals surface area contributed by atoms with E-state index in [4.69, 9.17) is 4.74 Å². The SMILES string of the molecule is O=C(OCc1ccccc1)N1CCc2c(O)ccc(F)c2CC1. The summed E-state index contributed by atoms with van der Waals surface area (Å²) in [6.45, 7) is 0.987. The molecule has 1 N–H and O–H groups in total. The van der Waals surface area contributed by atoms with Crippen LogP contribution < -0.4 is 0 Å². The van der Waals surface area contributed by atoms with Crippen LogP contribution in [-0.4, -0.2) is 29.2 Å². The number of aromatic hydroxyl groups is 1. The minimum Gasteiger partial charge on any atom is -0.508 e. The van der Waals surface area contributed by atoms with Gasteiger partial charge in [0.15, 0.2) is 0 Å². The third kappa shape index (κ3) is 3.44. The molecule has 0 unspecified atom stereocenters. The summed E-state index contributed by atoms with van der Waals surface area (Å²) in [5.74, 6) is -0.252. The molecule has 5 heteroatoms. The third-order valence-electron chi connectivity index (χ3n) is 4.08. The molecule has 2 aromatic rings. The number of fused-ring (bicyclic) bond motifs is 1. The number of carbonyl (C=O) groups excluding carboxylic acids is 1. The van der Waals surface area contributed by atoms with Crippen LogP contribution in [0.1, 0.15) is 16.7 Å². The maximum Gasteiger partial charge on any atom is 0.410 e. The highest BCUT2D eigenvalue weighted by Crippen LogP contribution is 2.27. The zero-order valence-corrected chi connectivity index (χ0v) is 12.7. The van der Waals surface area contributed by atoms with E-state index in [1.54, 1.807) is 4.90 Å². The van der Waals surface area contributed by atoms with E-state index in [-0.39, 0.29) is 18.2 Å². The van der Waals surface area contributed by atoms with Crippen LogP contribution in [0.2, 0.25) is 0 Å². The molecule has 0 aromatic heterocycles. The Balaban J connectivity index is 1.64. The van der Waals surface area contributed by atoms with Crippen LogP contribution in [-0.2, 0) is 24.2 Å². The Labute approximate surface area is 134 Å². The first-order chi connectivity index (χ1) is 11.1. The van der Waals surface area contributed by atoms with Crippen LogP contribution in [0.5, 0.6) is 5.75 Å². The highest BCUT2D eigenvalue weighted by Gasteiger charge is 2.23. The molecule has 3 rings (SSSR count). The number of phenolic OH excluding ortho intramolecular Hbond substituents is 1. The fourth-order valence-corrected chi connectivity index (χ4v) is 2.80. The second-order valence-electron chi connectivity index (χ2n) is 5.55. The number of benzene rings is 2. The van der Waals surface area contributed by atoms with Crippen molar-refractivity contribution in [2.75, 3.05) is 13.1 Å². The lowest BCUT2D eigenvalue weighted by Crippen LogP contribution is -2.33. The van der Waals surface area contributed by atoms with Gasteiger partial charge >= 0.3 is 6.09 Å². The molecule has 0 spiro atoms. The van der Waals surface area contributed by atoms with Crippen molar-refractivity contribution < 1.29 is 19.0 Å². The van der Waals surface area contributed by atoms with Crippen molar-refractivity contribution >= 4 is 6.09 Å². The van der Waals surface area contributed by atoms with E-state index in [9.17, 15) is 14.3 Å². The Morgan fingerprint density at radius 2 is 1.78 bits per heavy atom. The quantitative estimate of drug-likeness (QED) is 0.925. The van der Waals surface area contributed by atoms with Crippen LogP contribution in [0.25, 0.3) is 0 Å². The normalized spacial score (nSPS) is 14.0. The second-order valence-corrected chi connectivity index (χ2v) is 5.55. The number of rotatable bonds is 2. The van der Waals surface area contributed by atoms with Crippen LogP contribution in [0.15, 0.2) is 42.5 Å². The van der Waals surface area contributed by atoms with Crippen molar-refractivity contribution in [2.45, 2.75) is 19.4 Å². The van der Waals surface area contributed by atoms with Crippen molar-refractivity contribution in [1.29, 1.82) is 0 Å². The molecular weight excluding hydrogens is 297 g/mol. The standard InChI is InChI=1S/C18H18FNO3/c19-16-6-7-17(21)15-9-11-20(10-8-14(15)16)18(22)23-12-13-4-2-1-3-5-13/h1-7,21H,8-12H2. The lowest BCUT2D eigenvalue weighted by atomic mass is 10.0. The van der Waals surface area contributed by atoms with Crippen LogP contribution in [0, 0.1) is 5.82 Å². The van der Waals surface area contributed by atoms with E-state index in [0.29, 0.717) is 37.1 Å². The Hall–Kier alpha value is -2.56. The van der Waals surface area contributed by atoms with Gasteiger partial charge in [0, 0.05) is 18.7 Å². The molecule has 0 fully saturated rings. The summed E-state index contributed by atoms with van der Waals surface area (Å²) in [6.07, 6.45) is 0.372. The van der Waals surface area contributed by atoms with E-state index in [1.165, 1.54) is 12.1 Å². The maximum atomic E-state index is 13.9. The Morgan fingerprint density at radius 1 is 1.09 bits per heavy atom. The first-order valence-corrected chi connectivity index (χ1v) is 7.60. The van der Waals surface area contributed by atoms with Crippen molar-refractivity contribution in [1.82, 2.24) is 4.90 Å². The van der Waals surface area contributed by atoms with Gasteiger partial charge in [-0.15, -0.1) is 0 Å². The van der Waals surface area contributed by atoms with Gasteiger partial charge in [-0.1, -0.05) is 30.3 Å². The maximum absolute atomic E-state index is 13.9. The predicted octanol–water partition coefficient (Wildman–Crippen LogP) is 3.27. The van der Waals surface area contributed by atoms with Crippen LogP contribution in [0.4, 0.5) is 9.18 Å². The first-order valence-electron chi connectivity index (χ1n) is 7.60. The van der Waals surface area contributed by atoms with Crippen molar-refractivity contribution in [3.05, 3.63) is 65.0 Å². The van der Waals surface area contributed by atoms with Gasteiger partial charge in [-0.3, -0.25) is 0 Å². The zero-order valence-electron chi connectivity index (χ0n) is 12.7. The summed E-state index contributed by atoms with van der Waals surface area (Å²) >= 11 is 0. The summed E-state index contributed by atoms with van der Waals surface area (Å²) in [5.41, 5.74) is 1.99. The van der Waals surface area contributed by atoms with E-state index >= 15 is 0 Å². The van der Waals surface area contributed by atoms with Gasteiger partial charge < -0.3 is 14.7 Å². The molecule has 0 bridgehead atoms. The number of halogens is 1. The summed E-state index contributed by atoms with van der Waals surface area (Å²) in [4.78, 5) is 13.7. The molecule has 0 saturated carbocycles. The van der Waals surface area contributed by atoms with Gasteiger partial charge in [-0.05, 0) is 36.1 Å². The van der Waals surface area contributed by atoms with Crippen molar-refractivity contribution in [3.63, 3.8) is 0 Å². The van der Waals surface area contributed by atoms with E-state index < -0.39 is 6.09 Å². The third-order valence-corrected chi connectivity index (χ3v) is 4.08. The Bertz CT molecular complexity index is 670. The predicted molar refractivity (Wildman–Crippen MR) is 83.7 cm³/mol. The topological polar surface area (TPSA) is 49.8 Å². The summed E-state index contributed by atoms with van der Waals surface area (Å²) in [7, 11) is 0. The molecule has 1 aliphatic rings. The van der Waals surface area contributed by atoms with Gasteiger partial charge in [0.05, 0.1) is 0 Å². The highest BCUT2D eigenvalue weighted by molar-refractivity contribution is 5.68. The number of ether oxygens (including phenoxy) is 1. The number of phenols is 1. The first kappa shape index (κ1) is 15.3. The fraction of sp³-hybridized carbons (Fsp3) is 0.278. The molecule has 2 aromatic carbocycles. The van der Waals surface area contributed by atoms with Gasteiger partial charge in [0.1, 0.15) is 18.2 Å². The molecule has 0 atom stereocenters. The van der Waals surface area contributed by atoms with E-state index in [0.717, 1.165) is 5.56 Å². The fourth-order valence-electron chi connectivity index (χ4n) is 2.80. The number of hydrogen-bond acceptors (Lipinski definition) is 3. The highest BCUT2D eigenvalue weighted by atomic mass is 19.1. The molecule has 23 heavy (non-hydrogen) atoms. The summed E-state index contributed by atoms with van der Waals surface area (Å²) in [6, 6.07) is 12.1. The Kier molecular flexibility index (Phi) is 4.46. The number of amides is 1. The van der Waals surface area contributed by atoms with Crippen molar-refractivity contribution in [2.24, 2.45) is 0 Å². The molecule has 1 amide bonds. The molecule has 4 nitrogen and oxygen atoms in total. The monoisotopic (exact) mass is 315 g/mol. The summed E-state index contributed by atoms with van der Waals surface area (Å²) < 4.78 is 19.2. The van der Waals surface area contributed by atoms with Gasteiger partial charge in [-0.2, -0.15) is 0 Å². The van der Waals surface area contributed by atoms with Gasteiger partial charge in [-0.25, -0.2) is 9.18 Å². The number of nitrogens with zero attached hydrogens (tertiary/aromatic N) is 1. The smallest absolute Gasteiger partial charge is 0.410 e. The van der Waals surface area contributed by atoms with Gasteiger partial charge in [0.2, 0.25) is 0 Å². The molecule has 0 saturated heterocycles. The molecular formula is C18H18FNO3. The van der Waals surface area contributed by atoms with E-state index in [1.807, 2.05) is 30.3 Å². The number of hydrogen-bond donors (Lipinski definition) is 1. The molecule has 0 aliphatic carbocycles. The van der Waals surface area contributed by atoms with Gasteiger partial charge in [0.25, 0.3) is 0 Å². The average molecular weight is 315 g/mol. The molecule has 1 heterocycles. The molecule has 0 radical (unpaired) electrons. The number of carbonyl (C=O) groups is 1.